The third-order valence-electron chi connectivity index (χ3n) is 2.94. The molecule has 98 valence electrons. The Hall–Kier alpha value is -1.66. The Morgan fingerprint density at radius 3 is 2.95 bits per heavy atom. The summed E-state index contributed by atoms with van der Waals surface area (Å²) >= 11 is 11.2. The molecule has 0 aliphatic rings. The Morgan fingerprint density at radius 1 is 1.47 bits per heavy atom. The summed E-state index contributed by atoms with van der Waals surface area (Å²) in [6.45, 7) is 4.25. The first-order valence-corrected chi connectivity index (χ1v) is 6.50. The second-order valence-electron chi connectivity index (χ2n) is 4.29. The Bertz CT molecular complexity index is 797. The van der Waals surface area contributed by atoms with Crippen molar-refractivity contribution < 1.29 is 4.42 Å². The fourth-order valence-electron chi connectivity index (χ4n) is 1.91. The van der Waals surface area contributed by atoms with Crippen molar-refractivity contribution in [3.8, 4) is 0 Å². The normalized spacial score (nSPS) is 11.3. The molecule has 3 heterocycles. The average molecular weight is 295 g/mol. The summed E-state index contributed by atoms with van der Waals surface area (Å²) in [6.07, 6.45) is 1.59. The fourth-order valence-corrected chi connectivity index (χ4v) is 2.33. The number of oxazole rings is 1. The molecular formula is C12H11ClN4OS. The van der Waals surface area contributed by atoms with Gasteiger partial charge in [0.25, 0.3) is 0 Å². The predicted octanol–water partition coefficient (Wildman–Crippen LogP) is 3.40. The van der Waals surface area contributed by atoms with Crippen LogP contribution in [0.25, 0.3) is 11.2 Å². The van der Waals surface area contributed by atoms with Gasteiger partial charge in [-0.2, -0.15) is 0 Å². The summed E-state index contributed by atoms with van der Waals surface area (Å²) in [7, 11) is 0. The summed E-state index contributed by atoms with van der Waals surface area (Å²) in [4.78, 5) is 11.7. The highest BCUT2D eigenvalue weighted by Crippen LogP contribution is 2.18. The van der Waals surface area contributed by atoms with Crippen molar-refractivity contribution in [1.29, 1.82) is 0 Å². The lowest BCUT2D eigenvalue weighted by molar-refractivity contribution is 0.458. The Labute approximate surface area is 119 Å². The van der Waals surface area contributed by atoms with Gasteiger partial charge in [-0.1, -0.05) is 11.6 Å². The van der Waals surface area contributed by atoms with Gasteiger partial charge in [-0.25, -0.2) is 9.97 Å². The minimum absolute atomic E-state index is 0.447. The van der Waals surface area contributed by atoms with E-state index in [0.29, 0.717) is 22.2 Å². The molecule has 7 heteroatoms. The van der Waals surface area contributed by atoms with Crippen molar-refractivity contribution in [3.05, 3.63) is 39.4 Å². The first-order chi connectivity index (χ1) is 9.04. The van der Waals surface area contributed by atoms with Crippen LogP contribution in [0.2, 0.25) is 5.02 Å². The van der Waals surface area contributed by atoms with Crippen LogP contribution in [0, 0.1) is 18.6 Å². The molecule has 19 heavy (non-hydrogen) atoms. The molecule has 5 nitrogen and oxygen atoms in total. The summed E-state index contributed by atoms with van der Waals surface area (Å²) in [5.74, 6) is 1.43. The monoisotopic (exact) mass is 294 g/mol. The molecule has 0 fully saturated rings. The Balaban J connectivity index is 2.10. The van der Waals surface area contributed by atoms with Crippen LogP contribution in [-0.4, -0.2) is 19.5 Å². The third kappa shape index (κ3) is 2.17. The molecule has 0 spiro atoms. The van der Waals surface area contributed by atoms with E-state index in [-0.39, 0.29) is 0 Å². The maximum absolute atomic E-state index is 5.91. The van der Waals surface area contributed by atoms with E-state index in [1.54, 1.807) is 12.3 Å². The molecule has 0 saturated heterocycles. The molecule has 1 N–H and O–H groups in total. The quantitative estimate of drug-likeness (QED) is 0.736. The number of pyridine rings is 1. The molecule has 0 aliphatic carbocycles. The van der Waals surface area contributed by atoms with Gasteiger partial charge in [0.1, 0.15) is 12.3 Å². The van der Waals surface area contributed by atoms with Gasteiger partial charge in [-0.3, -0.25) is 4.57 Å². The average Bonchev–Trinajstić information content (AvgIpc) is 2.81. The second-order valence-corrected chi connectivity index (χ2v) is 5.11. The lowest BCUT2D eigenvalue weighted by atomic mass is 10.4. The van der Waals surface area contributed by atoms with Crippen LogP contribution in [0.5, 0.6) is 0 Å². The number of H-pyrrole nitrogens is 1. The second kappa shape index (κ2) is 4.47. The molecule has 3 rings (SSSR count). The van der Waals surface area contributed by atoms with Gasteiger partial charge in [0.05, 0.1) is 16.2 Å². The zero-order valence-corrected chi connectivity index (χ0v) is 12.0. The van der Waals surface area contributed by atoms with Crippen LogP contribution in [0.4, 0.5) is 0 Å². The molecule has 0 atom stereocenters. The molecule has 0 aromatic carbocycles. The number of imidazole rings is 1. The number of halogens is 1. The van der Waals surface area contributed by atoms with Crippen molar-refractivity contribution >= 4 is 35.0 Å². The maximum Gasteiger partial charge on any atom is 0.214 e. The molecule has 3 aromatic heterocycles. The number of aromatic nitrogens is 4. The first kappa shape index (κ1) is 12.4. The van der Waals surface area contributed by atoms with Gasteiger partial charge in [-0.15, -0.1) is 0 Å². The van der Waals surface area contributed by atoms with Crippen molar-refractivity contribution in [2.24, 2.45) is 0 Å². The van der Waals surface area contributed by atoms with E-state index >= 15 is 0 Å². The van der Waals surface area contributed by atoms with Gasteiger partial charge < -0.3 is 9.40 Å². The number of aryl methyl sites for hydroxylation is 2. The number of aromatic amines is 1. The summed E-state index contributed by atoms with van der Waals surface area (Å²) < 4.78 is 7.98. The zero-order valence-electron chi connectivity index (χ0n) is 10.4. The highest BCUT2D eigenvalue weighted by Gasteiger charge is 2.11. The van der Waals surface area contributed by atoms with E-state index in [1.807, 2.05) is 18.4 Å². The number of nitrogens with zero attached hydrogens (tertiary/aromatic N) is 3. The number of hydrogen-bond donors (Lipinski definition) is 1. The molecule has 0 radical (unpaired) electrons. The molecule has 3 aromatic rings. The predicted molar refractivity (Wildman–Crippen MR) is 75.0 cm³/mol. The van der Waals surface area contributed by atoms with Crippen molar-refractivity contribution in [3.63, 3.8) is 0 Å². The van der Waals surface area contributed by atoms with Crippen LogP contribution >= 0.6 is 23.8 Å². The molecule has 0 aliphatic heterocycles. The molecule has 0 unspecified atom stereocenters. The number of hydrogen-bond acceptors (Lipinski definition) is 4. The van der Waals surface area contributed by atoms with Gasteiger partial charge in [0.15, 0.2) is 10.4 Å². The van der Waals surface area contributed by atoms with Crippen LogP contribution < -0.4 is 0 Å². The molecular weight excluding hydrogens is 284 g/mol. The van der Waals surface area contributed by atoms with Crippen molar-refractivity contribution in [2.45, 2.75) is 20.4 Å². The van der Waals surface area contributed by atoms with Crippen LogP contribution in [0.3, 0.4) is 0 Å². The van der Waals surface area contributed by atoms with Crippen LogP contribution in [0.15, 0.2) is 16.7 Å². The van der Waals surface area contributed by atoms with Gasteiger partial charge in [0, 0.05) is 6.20 Å². The minimum Gasteiger partial charge on any atom is -0.444 e. The summed E-state index contributed by atoms with van der Waals surface area (Å²) in [5.41, 5.74) is 2.43. The SMILES string of the molecule is Cc1nc(Cn2c(=S)[nH]c3cc(Cl)cnc32)oc1C. The zero-order chi connectivity index (χ0) is 13.6. The van der Waals surface area contributed by atoms with E-state index in [9.17, 15) is 0 Å². The van der Waals surface area contributed by atoms with E-state index in [4.69, 9.17) is 28.2 Å². The highest BCUT2D eigenvalue weighted by atomic mass is 35.5. The number of fused-ring (bicyclic) bond motifs is 1. The van der Waals surface area contributed by atoms with Gasteiger partial charge >= 0.3 is 0 Å². The maximum atomic E-state index is 5.91. The van der Waals surface area contributed by atoms with Gasteiger partial charge in [0.2, 0.25) is 5.89 Å². The summed E-state index contributed by atoms with van der Waals surface area (Å²) in [6, 6.07) is 1.79. The minimum atomic E-state index is 0.447. The molecule has 0 amide bonds. The highest BCUT2D eigenvalue weighted by molar-refractivity contribution is 7.71. The third-order valence-corrected chi connectivity index (χ3v) is 3.47. The van der Waals surface area contributed by atoms with Gasteiger partial charge in [-0.05, 0) is 32.1 Å². The standard InChI is InChI=1S/C12H11ClN4OS/c1-6-7(2)18-10(15-6)5-17-11-9(16-12(17)19)3-8(13)4-14-11/h3-4H,5H2,1-2H3,(H,16,19). The van der Waals surface area contributed by atoms with E-state index < -0.39 is 0 Å². The van der Waals surface area contributed by atoms with Crippen molar-refractivity contribution in [1.82, 2.24) is 19.5 Å². The smallest absolute Gasteiger partial charge is 0.214 e. The van der Waals surface area contributed by atoms with E-state index in [1.165, 1.54) is 0 Å². The van der Waals surface area contributed by atoms with E-state index in [0.717, 1.165) is 22.6 Å². The lowest BCUT2D eigenvalue weighted by Crippen LogP contribution is -2.01. The number of nitrogens with one attached hydrogen (secondary N) is 1. The Kier molecular flexibility index (Phi) is 2.91. The Morgan fingerprint density at radius 2 is 2.26 bits per heavy atom. The fraction of sp³-hybridized carbons (Fsp3) is 0.250. The molecule has 0 saturated carbocycles. The van der Waals surface area contributed by atoms with Crippen LogP contribution in [0.1, 0.15) is 17.3 Å². The summed E-state index contributed by atoms with van der Waals surface area (Å²) in [5, 5.41) is 0.568. The van der Waals surface area contributed by atoms with E-state index in [2.05, 4.69) is 15.0 Å². The molecule has 0 bridgehead atoms. The lowest BCUT2D eigenvalue weighted by Gasteiger charge is -1.99. The first-order valence-electron chi connectivity index (χ1n) is 5.71. The topological polar surface area (TPSA) is 59.6 Å². The largest absolute Gasteiger partial charge is 0.444 e. The number of rotatable bonds is 2. The van der Waals surface area contributed by atoms with Crippen LogP contribution in [-0.2, 0) is 6.54 Å². The van der Waals surface area contributed by atoms with Crippen molar-refractivity contribution in [2.75, 3.05) is 0 Å².